The molecule has 1 fully saturated rings. The second-order valence-electron chi connectivity index (χ2n) is 4.47. The summed E-state index contributed by atoms with van der Waals surface area (Å²) in [4.78, 5) is 10.9. The Morgan fingerprint density at radius 1 is 1.35 bits per heavy atom. The monoisotopic (exact) mass is 387 g/mol. The van der Waals surface area contributed by atoms with Gasteiger partial charge in [0.2, 0.25) is 0 Å². The third kappa shape index (κ3) is 3.40. The maximum absolute atomic E-state index is 5.98. The Labute approximate surface area is 134 Å². The number of ether oxygens (including phenoxy) is 1. The number of nitrogens with zero attached hydrogens (tertiary/aromatic N) is 4. The molecule has 0 saturated carbocycles. The van der Waals surface area contributed by atoms with Crippen LogP contribution in [0.4, 0.5) is 0 Å². The summed E-state index contributed by atoms with van der Waals surface area (Å²) in [5.41, 5.74) is 7.82. The van der Waals surface area contributed by atoms with Crippen LogP contribution in [-0.2, 0) is 11.3 Å². The fourth-order valence-corrected chi connectivity index (χ4v) is 2.12. The minimum Gasteiger partial charge on any atom is -0.378 e. The van der Waals surface area contributed by atoms with E-state index in [1.54, 1.807) is 0 Å². The summed E-state index contributed by atoms with van der Waals surface area (Å²) in [6.45, 7) is 3.54. The molecule has 0 atom stereocenters. The normalized spacial score (nSPS) is 16.2. The molecule has 1 aliphatic heterocycles. The molecule has 108 valence electrons. The van der Waals surface area contributed by atoms with Gasteiger partial charge in [0.1, 0.15) is 5.65 Å². The number of guanidine groups is 1. The molecular weight excluding hydrogens is 369 g/mol. The lowest BCUT2D eigenvalue weighted by Gasteiger charge is -2.27. The molecule has 0 aliphatic carbocycles. The van der Waals surface area contributed by atoms with Crippen LogP contribution in [0.3, 0.4) is 0 Å². The first kappa shape index (κ1) is 15.0. The average Bonchev–Trinajstić information content (AvgIpc) is 2.88. The summed E-state index contributed by atoms with van der Waals surface area (Å²) in [5.74, 6) is 0.570. The van der Waals surface area contributed by atoms with Gasteiger partial charge < -0.3 is 19.8 Å². The lowest BCUT2D eigenvalue weighted by atomic mass is 10.4. The smallest absolute Gasteiger partial charge is 0.191 e. The molecule has 20 heavy (non-hydrogen) atoms. The second-order valence-corrected chi connectivity index (χ2v) is 4.47. The number of imidazole rings is 1. The molecule has 0 unspecified atom stereocenters. The number of aliphatic imine (C=N–C) groups is 1. The SMILES string of the molecule is I.NC(=NCc1cn2ccccc2n1)N1CCOCC1. The zero-order valence-corrected chi connectivity index (χ0v) is 13.4. The minimum atomic E-state index is 0. The highest BCUT2D eigenvalue weighted by molar-refractivity contribution is 14.0. The summed E-state index contributed by atoms with van der Waals surface area (Å²) in [6.07, 6.45) is 3.95. The number of morpholine rings is 1. The van der Waals surface area contributed by atoms with Crippen LogP contribution in [0.5, 0.6) is 0 Å². The van der Waals surface area contributed by atoms with Gasteiger partial charge in [0.15, 0.2) is 5.96 Å². The van der Waals surface area contributed by atoms with Crippen molar-refractivity contribution in [3.05, 3.63) is 36.3 Å². The zero-order valence-electron chi connectivity index (χ0n) is 11.1. The van der Waals surface area contributed by atoms with E-state index in [1.807, 2.05) is 39.9 Å². The third-order valence-electron chi connectivity index (χ3n) is 3.15. The van der Waals surface area contributed by atoms with Crippen molar-refractivity contribution in [3.63, 3.8) is 0 Å². The van der Waals surface area contributed by atoms with Crippen molar-refractivity contribution in [1.29, 1.82) is 0 Å². The number of hydrogen-bond donors (Lipinski definition) is 1. The molecule has 6 nitrogen and oxygen atoms in total. The Morgan fingerprint density at radius 3 is 2.90 bits per heavy atom. The lowest BCUT2D eigenvalue weighted by Crippen LogP contribution is -2.44. The molecule has 0 bridgehead atoms. The number of hydrogen-bond acceptors (Lipinski definition) is 3. The van der Waals surface area contributed by atoms with Crippen molar-refractivity contribution in [2.24, 2.45) is 10.7 Å². The Kier molecular flexibility index (Phi) is 5.18. The molecule has 0 spiro atoms. The first-order valence-corrected chi connectivity index (χ1v) is 6.38. The van der Waals surface area contributed by atoms with Crippen LogP contribution in [0.15, 0.2) is 35.6 Å². The number of aromatic nitrogens is 2. The van der Waals surface area contributed by atoms with E-state index in [0.717, 1.165) is 24.4 Å². The van der Waals surface area contributed by atoms with E-state index in [4.69, 9.17) is 10.5 Å². The molecule has 0 radical (unpaired) electrons. The van der Waals surface area contributed by atoms with Gasteiger partial charge in [-0.1, -0.05) is 6.07 Å². The van der Waals surface area contributed by atoms with Gasteiger partial charge in [-0.3, -0.25) is 0 Å². The molecule has 1 aliphatic rings. The van der Waals surface area contributed by atoms with Crippen LogP contribution in [0.25, 0.3) is 5.65 Å². The molecule has 3 rings (SSSR count). The molecule has 7 heteroatoms. The Hall–Kier alpha value is -1.35. The van der Waals surface area contributed by atoms with E-state index in [1.165, 1.54) is 0 Å². The molecule has 1 saturated heterocycles. The van der Waals surface area contributed by atoms with Gasteiger partial charge in [-0.15, -0.1) is 24.0 Å². The van der Waals surface area contributed by atoms with E-state index in [0.29, 0.717) is 25.7 Å². The fraction of sp³-hybridized carbons (Fsp3) is 0.385. The van der Waals surface area contributed by atoms with Gasteiger partial charge in [0.05, 0.1) is 25.5 Å². The van der Waals surface area contributed by atoms with Crippen LogP contribution < -0.4 is 5.73 Å². The van der Waals surface area contributed by atoms with Crippen molar-refractivity contribution in [2.45, 2.75) is 6.54 Å². The molecule has 0 aromatic carbocycles. The van der Waals surface area contributed by atoms with Crippen molar-refractivity contribution in [1.82, 2.24) is 14.3 Å². The van der Waals surface area contributed by atoms with E-state index < -0.39 is 0 Å². The Balaban J connectivity index is 0.00000147. The summed E-state index contributed by atoms with van der Waals surface area (Å²) in [5, 5.41) is 0. The van der Waals surface area contributed by atoms with Crippen molar-refractivity contribution in [3.8, 4) is 0 Å². The molecule has 2 N–H and O–H groups in total. The average molecular weight is 387 g/mol. The van der Waals surface area contributed by atoms with Gasteiger partial charge in [0, 0.05) is 25.5 Å². The Bertz CT molecular complexity index is 558. The first-order valence-electron chi connectivity index (χ1n) is 6.38. The van der Waals surface area contributed by atoms with Crippen molar-refractivity contribution >= 4 is 35.6 Å². The highest BCUT2D eigenvalue weighted by Crippen LogP contribution is 2.06. The maximum Gasteiger partial charge on any atom is 0.191 e. The topological polar surface area (TPSA) is 68.1 Å². The number of pyridine rings is 1. The van der Waals surface area contributed by atoms with Crippen LogP contribution in [-0.4, -0.2) is 46.5 Å². The predicted molar refractivity (Wildman–Crippen MR) is 88.3 cm³/mol. The van der Waals surface area contributed by atoms with E-state index in [9.17, 15) is 0 Å². The summed E-state index contributed by atoms with van der Waals surface area (Å²) >= 11 is 0. The first-order chi connectivity index (χ1) is 9.33. The number of nitrogens with two attached hydrogens (primary N) is 1. The van der Waals surface area contributed by atoms with Gasteiger partial charge >= 0.3 is 0 Å². The van der Waals surface area contributed by atoms with E-state index in [-0.39, 0.29) is 24.0 Å². The van der Waals surface area contributed by atoms with Gasteiger partial charge in [-0.05, 0) is 12.1 Å². The largest absolute Gasteiger partial charge is 0.378 e. The van der Waals surface area contributed by atoms with Crippen LogP contribution in [0.1, 0.15) is 5.69 Å². The van der Waals surface area contributed by atoms with Gasteiger partial charge in [-0.25, -0.2) is 9.98 Å². The summed E-state index contributed by atoms with van der Waals surface area (Å²) < 4.78 is 7.27. The van der Waals surface area contributed by atoms with E-state index >= 15 is 0 Å². The van der Waals surface area contributed by atoms with Crippen molar-refractivity contribution < 1.29 is 4.74 Å². The second kappa shape index (κ2) is 6.89. The number of rotatable bonds is 2. The van der Waals surface area contributed by atoms with E-state index in [2.05, 4.69) is 9.98 Å². The number of fused-ring (bicyclic) bond motifs is 1. The molecule has 0 amide bonds. The van der Waals surface area contributed by atoms with Crippen LogP contribution in [0, 0.1) is 0 Å². The summed E-state index contributed by atoms with van der Waals surface area (Å²) in [7, 11) is 0. The molecule has 2 aromatic rings. The highest BCUT2D eigenvalue weighted by atomic mass is 127. The zero-order chi connectivity index (χ0) is 13.1. The maximum atomic E-state index is 5.98. The predicted octanol–water partition coefficient (Wildman–Crippen LogP) is 1.10. The molecule has 3 heterocycles. The molecular formula is C13H18IN5O. The fourth-order valence-electron chi connectivity index (χ4n) is 2.12. The third-order valence-corrected chi connectivity index (χ3v) is 3.15. The van der Waals surface area contributed by atoms with Crippen molar-refractivity contribution in [2.75, 3.05) is 26.3 Å². The van der Waals surface area contributed by atoms with Gasteiger partial charge in [0.25, 0.3) is 0 Å². The Morgan fingerprint density at radius 2 is 2.15 bits per heavy atom. The van der Waals surface area contributed by atoms with Gasteiger partial charge in [-0.2, -0.15) is 0 Å². The minimum absolute atomic E-state index is 0. The van der Waals surface area contributed by atoms with Crippen LogP contribution in [0.2, 0.25) is 0 Å². The molecule has 2 aromatic heterocycles. The highest BCUT2D eigenvalue weighted by Gasteiger charge is 2.12. The summed E-state index contributed by atoms with van der Waals surface area (Å²) in [6, 6.07) is 5.92. The number of halogens is 1. The van der Waals surface area contributed by atoms with Crippen LogP contribution >= 0.6 is 24.0 Å². The standard InChI is InChI=1S/C13H17N5O.HI/c14-13(17-5-7-19-8-6-17)15-9-11-10-18-4-2-1-3-12(18)16-11;/h1-4,10H,5-9H2,(H2,14,15);1H. The lowest BCUT2D eigenvalue weighted by molar-refractivity contribution is 0.0674. The quantitative estimate of drug-likeness (QED) is 0.476.